The highest BCUT2D eigenvalue weighted by Gasteiger charge is 2.59. The molecule has 0 aliphatic heterocycles. The Labute approximate surface area is 165 Å². The molecule has 1 aromatic heterocycles. The molecule has 5 aliphatic carbocycles. The van der Waals surface area contributed by atoms with Gasteiger partial charge < -0.3 is 15.4 Å². The van der Waals surface area contributed by atoms with Gasteiger partial charge in [-0.3, -0.25) is 4.79 Å². The first-order valence-electron chi connectivity index (χ1n) is 10.8. The molecular formula is C22H29N3O3. The van der Waals surface area contributed by atoms with Crippen molar-refractivity contribution >= 4 is 12.0 Å². The predicted octanol–water partition coefficient (Wildman–Crippen LogP) is 3.57. The maximum absolute atomic E-state index is 12.9. The van der Waals surface area contributed by atoms with Gasteiger partial charge in [-0.1, -0.05) is 18.9 Å². The van der Waals surface area contributed by atoms with Gasteiger partial charge in [0.2, 0.25) is 11.8 Å². The molecule has 0 spiro atoms. The Hall–Kier alpha value is -2.11. The Kier molecular flexibility index (Phi) is 4.33. The van der Waals surface area contributed by atoms with Crippen LogP contribution < -0.4 is 15.4 Å². The molecule has 2 atom stereocenters. The second-order valence-electron chi connectivity index (χ2n) is 9.67. The summed E-state index contributed by atoms with van der Waals surface area (Å²) >= 11 is 0. The molecule has 0 aromatic carbocycles. The summed E-state index contributed by atoms with van der Waals surface area (Å²) in [5, 5.41) is 6.66. The van der Waals surface area contributed by atoms with E-state index in [-0.39, 0.29) is 22.9 Å². The van der Waals surface area contributed by atoms with E-state index in [1.165, 1.54) is 19.3 Å². The minimum atomic E-state index is -0.432. The Morgan fingerprint density at radius 2 is 1.68 bits per heavy atom. The van der Waals surface area contributed by atoms with Crippen molar-refractivity contribution in [1.29, 1.82) is 0 Å². The van der Waals surface area contributed by atoms with Crippen molar-refractivity contribution in [1.82, 2.24) is 15.6 Å². The van der Waals surface area contributed by atoms with Crippen LogP contribution in [0.4, 0.5) is 4.79 Å². The van der Waals surface area contributed by atoms with Crippen LogP contribution in [0.15, 0.2) is 24.4 Å². The fraction of sp³-hybridized carbons (Fsp3) is 0.682. The molecule has 6 nitrogen and oxygen atoms in total. The predicted molar refractivity (Wildman–Crippen MR) is 104 cm³/mol. The third-order valence-corrected chi connectivity index (χ3v) is 7.38. The summed E-state index contributed by atoms with van der Waals surface area (Å²) < 4.78 is 5.40. The number of nitrogens with one attached hydrogen (secondary N) is 2. The van der Waals surface area contributed by atoms with Crippen LogP contribution in [-0.2, 0) is 4.79 Å². The Morgan fingerprint density at radius 3 is 2.32 bits per heavy atom. The average molecular weight is 383 g/mol. The van der Waals surface area contributed by atoms with Gasteiger partial charge in [0, 0.05) is 29.3 Å². The van der Waals surface area contributed by atoms with Crippen LogP contribution in [0.25, 0.3) is 0 Å². The van der Waals surface area contributed by atoms with E-state index in [0.29, 0.717) is 17.7 Å². The van der Waals surface area contributed by atoms with Gasteiger partial charge in [0.05, 0.1) is 0 Å². The maximum atomic E-state index is 12.9. The lowest BCUT2D eigenvalue weighted by atomic mass is 9.50. The molecule has 6 heteroatoms. The third kappa shape index (κ3) is 3.38. The SMILES string of the molecule is O=C(NC12CC3CC(C1)CC(NC(=O)C1CCCC1)(C3)C2)Oc1ccccn1. The highest BCUT2D eigenvalue weighted by Crippen LogP contribution is 2.57. The summed E-state index contributed by atoms with van der Waals surface area (Å²) in [5.41, 5.74) is -0.416. The molecule has 5 saturated carbocycles. The third-order valence-electron chi connectivity index (χ3n) is 7.38. The first-order valence-corrected chi connectivity index (χ1v) is 10.8. The first-order chi connectivity index (χ1) is 13.5. The van der Waals surface area contributed by atoms with E-state index >= 15 is 0 Å². The number of rotatable bonds is 4. The number of aromatic nitrogens is 1. The fourth-order valence-corrected chi connectivity index (χ4v) is 6.85. The summed E-state index contributed by atoms with van der Waals surface area (Å²) in [5.74, 6) is 1.88. The maximum Gasteiger partial charge on any atom is 0.414 e. The average Bonchev–Trinajstić information content (AvgIpc) is 3.15. The molecule has 150 valence electrons. The van der Waals surface area contributed by atoms with Crippen molar-refractivity contribution in [3.05, 3.63) is 24.4 Å². The van der Waals surface area contributed by atoms with Gasteiger partial charge in [0.15, 0.2) is 0 Å². The lowest BCUT2D eigenvalue weighted by Crippen LogP contribution is -2.70. The molecule has 5 fully saturated rings. The van der Waals surface area contributed by atoms with E-state index in [1.54, 1.807) is 24.4 Å². The van der Waals surface area contributed by atoms with Gasteiger partial charge in [0.25, 0.3) is 0 Å². The molecule has 1 aromatic rings. The standard InChI is InChI=1S/C22H29N3O3/c26-19(17-5-1-2-6-17)24-21-10-15-9-16(11-21)13-22(12-15,14-21)25-20(27)28-18-7-3-4-8-23-18/h3-4,7-8,15-17H,1-2,5-6,9-14H2,(H,24,26)(H,25,27). The fourth-order valence-electron chi connectivity index (χ4n) is 6.85. The van der Waals surface area contributed by atoms with Crippen LogP contribution in [0.2, 0.25) is 0 Å². The number of ether oxygens (including phenoxy) is 1. The van der Waals surface area contributed by atoms with Gasteiger partial charge in [-0.05, 0) is 69.3 Å². The Bertz CT molecular complexity index is 746. The van der Waals surface area contributed by atoms with Crippen molar-refractivity contribution in [2.45, 2.75) is 75.3 Å². The molecule has 0 saturated heterocycles. The van der Waals surface area contributed by atoms with E-state index in [9.17, 15) is 9.59 Å². The Balaban J connectivity index is 1.30. The molecule has 2 unspecified atom stereocenters. The number of nitrogens with zero attached hydrogens (tertiary/aromatic N) is 1. The molecule has 0 radical (unpaired) electrons. The zero-order chi connectivity index (χ0) is 19.2. The van der Waals surface area contributed by atoms with Crippen LogP contribution in [0.5, 0.6) is 5.88 Å². The van der Waals surface area contributed by atoms with Gasteiger partial charge in [-0.15, -0.1) is 0 Å². The zero-order valence-electron chi connectivity index (χ0n) is 16.3. The highest BCUT2D eigenvalue weighted by molar-refractivity contribution is 5.80. The summed E-state index contributed by atoms with van der Waals surface area (Å²) in [6.07, 6.45) is 11.7. The van der Waals surface area contributed by atoms with Crippen molar-refractivity contribution < 1.29 is 14.3 Å². The van der Waals surface area contributed by atoms with Gasteiger partial charge in [-0.25, -0.2) is 9.78 Å². The van der Waals surface area contributed by atoms with Crippen molar-refractivity contribution in [2.24, 2.45) is 17.8 Å². The van der Waals surface area contributed by atoms with Crippen LogP contribution in [-0.4, -0.2) is 28.1 Å². The van der Waals surface area contributed by atoms with E-state index in [0.717, 1.165) is 44.9 Å². The molecule has 6 rings (SSSR count). The quantitative estimate of drug-likeness (QED) is 0.833. The molecule has 4 bridgehead atoms. The lowest BCUT2D eigenvalue weighted by Gasteiger charge is -2.62. The molecule has 2 N–H and O–H groups in total. The van der Waals surface area contributed by atoms with E-state index in [1.807, 2.05) is 0 Å². The zero-order valence-corrected chi connectivity index (χ0v) is 16.3. The topological polar surface area (TPSA) is 80.3 Å². The van der Waals surface area contributed by atoms with E-state index in [4.69, 9.17) is 4.74 Å². The molecule has 5 aliphatic rings. The first kappa shape index (κ1) is 18.0. The number of carbonyl (C=O) groups is 2. The summed E-state index contributed by atoms with van der Waals surface area (Å²) in [7, 11) is 0. The largest absolute Gasteiger partial charge is 0.414 e. The number of carbonyl (C=O) groups excluding carboxylic acids is 2. The highest BCUT2D eigenvalue weighted by atomic mass is 16.6. The summed E-state index contributed by atoms with van der Waals surface area (Å²) in [6.45, 7) is 0. The second kappa shape index (κ2) is 6.75. The molecule has 1 heterocycles. The van der Waals surface area contributed by atoms with Gasteiger partial charge in [-0.2, -0.15) is 0 Å². The van der Waals surface area contributed by atoms with Gasteiger partial charge >= 0.3 is 6.09 Å². The monoisotopic (exact) mass is 383 g/mol. The van der Waals surface area contributed by atoms with Gasteiger partial charge in [0.1, 0.15) is 0 Å². The van der Waals surface area contributed by atoms with Crippen LogP contribution >= 0.6 is 0 Å². The molecular weight excluding hydrogens is 354 g/mol. The smallest absolute Gasteiger partial charge is 0.391 e. The van der Waals surface area contributed by atoms with Crippen molar-refractivity contribution in [3.63, 3.8) is 0 Å². The molecule has 2 amide bonds. The van der Waals surface area contributed by atoms with Crippen LogP contribution in [0.3, 0.4) is 0 Å². The van der Waals surface area contributed by atoms with Crippen LogP contribution in [0.1, 0.15) is 64.2 Å². The van der Waals surface area contributed by atoms with E-state index < -0.39 is 6.09 Å². The van der Waals surface area contributed by atoms with Crippen LogP contribution in [0, 0.1) is 17.8 Å². The van der Waals surface area contributed by atoms with E-state index in [2.05, 4.69) is 15.6 Å². The molecule has 28 heavy (non-hydrogen) atoms. The minimum Gasteiger partial charge on any atom is -0.391 e. The summed E-state index contributed by atoms with van der Waals surface area (Å²) in [6, 6.07) is 5.27. The summed E-state index contributed by atoms with van der Waals surface area (Å²) in [4.78, 5) is 29.5. The minimum absolute atomic E-state index is 0.151. The normalized spacial score (nSPS) is 36.3. The van der Waals surface area contributed by atoms with Crippen molar-refractivity contribution in [2.75, 3.05) is 0 Å². The number of pyridine rings is 1. The number of hydrogen-bond acceptors (Lipinski definition) is 4. The Morgan fingerprint density at radius 1 is 1.00 bits per heavy atom. The second-order valence-corrected chi connectivity index (χ2v) is 9.67. The number of hydrogen-bond donors (Lipinski definition) is 2. The number of amides is 2. The lowest BCUT2D eigenvalue weighted by molar-refractivity contribution is -0.131. The van der Waals surface area contributed by atoms with Crippen molar-refractivity contribution in [3.8, 4) is 5.88 Å².